The maximum absolute atomic E-state index is 15.9. The molecule has 62 heavy (non-hydrogen) atoms. The van der Waals surface area contributed by atoms with Crippen molar-refractivity contribution < 1.29 is 17.6 Å². The third-order valence-corrected chi connectivity index (χ3v) is 10.8. The van der Waals surface area contributed by atoms with Gasteiger partial charge in [0.15, 0.2) is 17.5 Å². The summed E-state index contributed by atoms with van der Waals surface area (Å²) in [5, 5.41) is 1.29. The lowest BCUT2D eigenvalue weighted by Gasteiger charge is -2.13. The van der Waals surface area contributed by atoms with Gasteiger partial charge in [0.2, 0.25) is 0 Å². The Hall–Kier alpha value is -7.77. The molecule has 0 atom stereocenters. The molecule has 0 aliphatic rings. The molecule has 0 N–H and O–H groups in total. The highest BCUT2D eigenvalue weighted by molar-refractivity contribution is 6.06. The van der Waals surface area contributed by atoms with Gasteiger partial charge in [-0.15, -0.1) is 0 Å². The summed E-state index contributed by atoms with van der Waals surface area (Å²) in [7, 11) is 0. The van der Waals surface area contributed by atoms with Gasteiger partial charge in [0, 0.05) is 49.7 Å². The van der Waals surface area contributed by atoms with Gasteiger partial charge >= 0.3 is 0 Å². The van der Waals surface area contributed by atoms with Crippen LogP contribution in [0, 0.1) is 25.5 Å². The largest absolute Gasteiger partial charge is 0.460 e. The van der Waals surface area contributed by atoms with Gasteiger partial charge in [0.1, 0.15) is 34.3 Å². The van der Waals surface area contributed by atoms with Crippen molar-refractivity contribution in [3.8, 4) is 78.7 Å². The molecule has 10 rings (SSSR count). The van der Waals surface area contributed by atoms with Crippen molar-refractivity contribution in [2.75, 3.05) is 0 Å². The molecule has 5 nitrogen and oxygen atoms in total. The van der Waals surface area contributed by atoms with Gasteiger partial charge in [-0.1, -0.05) is 133 Å². The van der Waals surface area contributed by atoms with E-state index in [9.17, 15) is 0 Å². The van der Waals surface area contributed by atoms with Crippen LogP contribution in [0.4, 0.5) is 8.78 Å². The van der Waals surface area contributed by atoms with Crippen molar-refractivity contribution in [2.45, 2.75) is 27.7 Å². The predicted molar refractivity (Wildman–Crippen MR) is 247 cm³/mol. The van der Waals surface area contributed by atoms with Crippen LogP contribution in [0.1, 0.15) is 25.4 Å². The van der Waals surface area contributed by atoms with E-state index < -0.39 is 11.6 Å². The Balaban J connectivity index is 0.00000118. The Bertz CT molecular complexity index is 3020. The molecule has 0 aliphatic heterocycles. The zero-order chi connectivity index (χ0) is 42.7. The van der Waals surface area contributed by atoms with Gasteiger partial charge in [-0.05, 0) is 92.4 Å². The fourth-order valence-electron chi connectivity index (χ4n) is 7.93. The lowest BCUT2D eigenvalue weighted by atomic mass is 9.92. The maximum Gasteiger partial charge on any atom is 0.164 e. The molecule has 302 valence electrons. The summed E-state index contributed by atoms with van der Waals surface area (Å²) in [5.74, 6) is 1.83. The highest BCUT2D eigenvalue weighted by Crippen LogP contribution is 2.45. The third-order valence-electron chi connectivity index (χ3n) is 10.8. The average molecular weight is 814 g/mol. The second-order valence-electron chi connectivity index (χ2n) is 15.0. The molecule has 0 saturated carbocycles. The number of aryl methyl sites for hydroxylation is 2. The van der Waals surface area contributed by atoms with Gasteiger partial charge in [0.05, 0.1) is 0 Å². The van der Waals surface area contributed by atoms with Crippen LogP contribution < -0.4 is 0 Å². The quantitative estimate of drug-likeness (QED) is 0.150. The van der Waals surface area contributed by atoms with E-state index in [1.165, 1.54) is 24.3 Å². The van der Waals surface area contributed by atoms with Gasteiger partial charge < -0.3 is 8.83 Å². The number of fused-ring (bicyclic) bond motifs is 2. The maximum atomic E-state index is 15.9. The van der Waals surface area contributed by atoms with Crippen LogP contribution >= 0.6 is 0 Å². The van der Waals surface area contributed by atoms with E-state index in [4.69, 9.17) is 23.8 Å². The molecule has 0 radical (unpaired) electrons. The number of benzene rings is 7. The molecular formula is C55H41F2N3O2. The van der Waals surface area contributed by atoms with E-state index in [1.54, 1.807) is 0 Å². The van der Waals surface area contributed by atoms with Crippen LogP contribution in [0.5, 0.6) is 0 Å². The van der Waals surface area contributed by atoms with Gasteiger partial charge in [0.25, 0.3) is 0 Å². The molecule has 0 bridgehead atoms. The summed E-state index contributed by atoms with van der Waals surface area (Å²) in [6, 6.07) is 50.8. The molecule has 7 heteroatoms. The lowest BCUT2D eigenvalue weighted by Crippen LogP contribution is -2.00. The number of allylic oxidation sites excluding steroid dienone is 2. The van der Waals surface area contributed by atoms with Crippen molar-refractivity contribution in [3.63, 3.8) is 0 Å². The molecule has 3 aromatic heterocycles. The van der Waals surface area contributed by atoms with Gasteiger partial charge in [-0.25, -0.2) is 23.7 Å². The van der Waals surface area contributed by atoms with Crippen molar-refractivity contribution in [3.05, 3.63) is 199 Å². The highest BCUT2D eigenvalue weighted by Gasteiger charge is 2.23. The van der Waals surface area contributed by atoms with Crippen molar-refractivity contribution in [2.24, 2.45) is 0 Å². The van der Waals surface area contributed by atoms with Gasteiger partial charge in [-0.3, -0.25) is 0 Å². The summed E-state index contributed by atoms with van der Waals surface area (Å²) < 4.78 is 44.9. The molecule has 0 fully saturated rings. The number of nitrogens with zero attached hydrogens (tertiary/aromatic N) is 3. The molecule has 0 unspecified atom stereocenters. The van der Waals surface area contributed by atoms with E-state index in [0.29, 0.717) is 78.7 Å². The molecule has 10 aromatic rings. The van der Waals surface area contributed by atoms with Crippen molar-refractivity contribution >= 4 is 21.9 Å². The molecular weight excluding hydrogens is 773 g/mol. The second kappa shape index (κ2) is 17.1. The fourth-order valence-corrected chi connectivity index (χ4v) is 7.93. The summed E-state index contributed by atoms with van der Waals surface area (Å²) in [6.07, 6.45) is 4.00. The number of halogens is 2. The van der Waals surface area contributed by atoms with E-state index in [1.807, 2.05) is 179 Å². The zero-order valence-corrected chi connectivity index (χ0v) is 34.7. The standard InChI is InChI=1S/C51H33F2N3O2.C4H8/c1-30-45(32-15-7-3-8-16-32)43-28-39(52)26-41(47(43)57-30)36-23-37(42-27-40(53)29-44-46(31(2)58-48(42)44)33-17-9-4-10-18-33)25-38(24-36)51-55-49(34-19-11-5-12-20-34)54-50(56-51)35-21-13-6-14-22-35;1-3-4-2/h3-29H,1-2H3;3-4H,1-2H3/b;4-3-. The van der Waals surface area contributed by atoms with Crippen molar-refractivity contribution in [1.82, 2.24) is 15.0 Å². The Morgan fingerprint density at radius 2 is 0.710 bits per heavy atom. The number of aromatic nitrogens is 3. The minimum absolute atomic E-state index is 0.386. The monoisotopic (exact) mass is 813 g/mol. The van der Waals surface area contributed by atoms with E-state index >= 15 is 8.78 Å². The molecule has 3 heterocycles. The highest BCUT2D eigenvalue weighted by atomic mass is 19.1. The number of hydrogen-bond donors (Lipinski definition) is 0. The number of hydrogen-bond acceptors (Lipinski definition) is 5. The topological polar surface area (TPSA) is 65.0 Å². The lowest BCUT2D eigenvalue weighted by molar-refractivity contribution is 0.579. The van der Waals surface area contributed by atoms with E-state index in [2.05, 4.69) is 0 Å². The molecule has 7 aromatic carbocycles. The SMILES string of the molecule is C/C=C\C.Cc1oc2c(-c3cc(-c4nc(-c5ccccc5)nc(-c5ccccc5)n4)cc(-c4cc(F)cc5c(-c6ccccc6)c(C)oc45)c3)cc(F)cc2c1-c1ccccc1. The molecule has 0 amide bonds. The van der Waals surface area contributed by atoms with Crippen molar-refractivity contribution in [1.29, 1.82) is 0 Å². The Kier molecular flexibility index (Phi) is 10.9. The molecule has 0 aliphatic carbocycles. The minimum Gasteiger partial charge on any atom is -0.460 e. The first-order chi connectivity index (χ1) is 30.3. The first-order valence-corrected chi connectivity index (χ1v) is 20.5. The molecule has 0 saturated heterocycles. The first-order valence-electron chi connectivity index (χ1n) is 20.5. The Labute approximate surface area is 358 Å². The first kappa shape index (κ1) is 39.7. The summed E-state index contributed by atoms with van der Waals surface area (Å²) in [6.45, 7) is 7.78. The second-order valence-corrected chi connectivity index (χ2v) is 15.0. The number of rotatable bonds is 7. The zero-order valence-electron chi connectivity index (χ0n) is 34.7. The van der Waals surface area contributed by atoms with Gasteiger partial charge in [-0.2, -0.15) is 0 Å². The summed E-state index contributed by atoms with van der Waals surface area (Å²) in [5.41, 5.74) is 9.05. The third kappa shape index (κ3) is 7.72. The normalized spacial score (nSPS) is 11.3. The molecule has 0 spiro atoms. The fraction of sp³-hybridized carbons (Fsp3) is 0.0727. The number of furan rings is 2. The smallest absolute Gasteiger partial charge is 0.164 e. The predicted octanol–water partition coefficient (Wildman–Crippen LogP) is 15.5. The summed E-state index contributed by atoms with van der Waals surface area (Å²) in [4.78, 5) is 15.0. The summed E-state index contributed by atoms with van der Waals surface area (Å²) >= 11 is 0. The van der Waals surface area contributed by atoms with Crippen LogP contribution in [0.2, 0.25) is 0 Å². The van der Waals surface area contributed by atoms with Crippen LogP contribution in [0.25, 0.3) is 101 Å². The van der Waals surface area contributed by atoms with Crippen LogP contribution in [0.3, 0.4) is 0 Å². The minimum atomic E-state index is -0.423. The van der Waals surface area contributed by atoms with Crippen LogP contribution in [-0.2, 0) is 0 Å². The van der Waals surface area contributed by atoms with E-state index in [-0.39, 0.29) is 0 Å². The average Bonchev–Trinajstić information content (AvgIpc) is 3.83. The van der Waals surface area contributed by atoms with Crippen LogP contribution in [0.15, 0.2) is 185 Å². The van der Waals surface area contributed by atoms with E-state index in [0.717, 1.165) is 33.4 Å². The Morgan fingerprint density at radius 1 is 0.387 bits per heavy atom. The Morgan fingerprint density at radius 3 is 1.06 bits per heavy atom. The van der Waals surface area contributed by atoms with Crippen LogP contribution in [-0.4, -0.2) is 15.0 Å².